The largest absolute Gasteiger partial charge is 0.396 e. The lowest BCUT2D eigenvalue weighted by Crippen LogP contribution is -2.22. The van der Waals surface area contributed by atoms with Crippen LogP contribution >= 0.6 is 0 Å². The highest BCUT2D eigenvalue weighted by molar-refractivity contribution is 6.03. The molecule has 1 unspecified atom stereocenters. The highest BCUT2D eigenvalue weighted by Gasteiger charge is 2.28. The van der Waals surface area contributed by atoms with Crippen LogP contribution in [-0.4, -0.2) is 27.2 Å². The number of carbonyl (C=O) groups excluding carboxylic acids is 1. The summed E-state index contributed by atoms with van der Waals surface area (Å²) in [5, 5.41) is 11.6. The summed E-state index contributed by atoms with van der Waals surface area (Å²) in [6, 6.07) is 10.3. The second-order valence-electron chi connectivity index (χ2n) is 5.11. The van der Waals surface area contributed by atoms with Crippen LogP contribution in [0.4, 0.5) is 5.82 Å². The minimum absolute atomic E-state index is 0.0965. The molecule has 2 aromatic rings. The van der Waals surface area contributed by atoms with E-state index in [1.807, 2.05) is 6.07 Å². The number of carbonyl (C=O) groups is 1. The fraction of sp³-hybridized carbons (Fsp3) is 0.188. The second-order valence-corrected chi connectivity index (χ2v) is 5.11. The number of nitrogens with one attached hydrogen (secondary N) is 1. The van der Waals surface area contributed by atoms with Gasteiger partial charge in [-0.3, -0.25) is 9.36 Å². The molecule has 1 aliphatic rings. The van der Waals surface area contributed by atoms with Gasteiger partial charge in [0.25, 0.3) is 5.91 Å². The Labute approximate surface area is 126 Å². The SMILES string of the molecule is O=C(Nc1ccn(/C=C2/CC2CO)c(=O)n1)c1ccccc1. The smallest absolute Gasteiger partial charge is 0.353 e. The summed E-state index contributed by atoms with van der Waals surface area (Å²) in [6.45, 7) is 0.0965. The van der Waals surface area contributed by atoms with E-state index in [0.29, 0.717) is 5.56 Å². The molecular formula is C16H15N3O3. The van der Waals surface area contributed by atoms with Crippen molar-refractivity contribution in [1.82, 2.24) is 9.55 Å². The van der Waals surface area contributed by atoms with Crippen LogP contribution in [0.5, 0.6) is 0 Å². The monoisotopic (exact) mass is 297 g/mol. The van der Waals surface area contributed by atoms with Crippen molar-refractivity contribution in [3.63, 3.8) is 0 Å². The number of amides is 1. The lowest BCUT2D eigenvalue weighted by molar-refractivity contribution is 0.102. The molecule has 0 aliphatic heterocycles. The maximum atomic E-state index is 12.0. The van der Waals surface area contributed by atoms with Gasteiger partial charge in [0.2, 0.25) is 0 Å². The Hall–Kier alpha value is -2.73. The van der Waals surface area contributed by atoms with E-state index >= 15 is 0 Å². The van der Waals surface area contributed by atoms with Gasteiger partial charge in [-0.15, -0.1) is 0 Å². The maximum Gasteiger partial charge on any atom is 0.353 e. The van der Waals surface area contributed by atoms with Gasteiger partial charge in [-0.1, -0.05) is 18.2 Å². The average Bonchev–Trinajstić information content (AvgIpc) is 3.29. The van der Waals surface area contributed by atoms with Crippen LogP contribution in [0, 0.1) is 5.92 Å². The number of hydrogen-bond donors (Lipinski definition) is 2. The molecule has 1 aromatic carbocycles. The summed E-state index contributed by atoms with van der Waals surface area (Å²) < 4.78 is 1.35. The predicted molar refractivity (Wildman–Crippen MR) is 82.4 cm³/mol. The Morgan fingerprint density at radius 1 is 1.36 bits per heavy atom. The summed E-state index contributed by atoms with van der Waals surface area (Å²) in [6.07, 6.45) is 4.03. The molecule has 3 rings (SSSR count). The number of hydrogen-bond acceptors (Lipinski definition) is 4. The van der Waals surface area contributed by atoms with Crippen molar-refractivity contribution in [2.24, 2.45) is 5.92 Å². The van der Waals surface area contributed by atoms with E-state index in [-0.39, 0.29) is 24.2 Å². The third-order valence-corrected chi connectivity index (χ3v) is 3.48. The van der Waals surface area contributed by atoms with E-state index in [9.17, 15) is 9.59 Å². The van der Waals surface area contributed by atoms with Crippen LogP contribution in [-0.2, 0) is 0 Å². The van der Waals surface area contributed by atoms with E-state index in [1.165, 1.54) is 4.57 Å². The minimum atomic E-state index is -0.470. The molecule has 1 heterocycles. The molecule has 112 valence electrons. The van der Waals surface area contributed by atoms with E-state index < -0.39 is 5.69 Å². The first-order chi connectivity index (χ1) is 10.7. The molecule has 2 N–H and O–H groups in total. The Bertz CT molecular complexity index is 781. The summed E-state index contributed by atoms with van der Waals surface area (Å²) in [7, 11) is 0. The molecule has 0 spiro atoms. The summed E-state index contributed by atoms with van der Waals surface area (Å²) in [5.74, 6) is 0.0542. The number of aromatic nitrogens is 2. The zero-order chi connectivity index (χ0) is 15.5. The standard InChI is InChI=1S/C16H15N3O3/c20-10-13-8-12(13)9-19-7-6-14(18-16(19)22)17-15(21)11-4-2-1-3-5-11/h1-7,9,13,20H,8,10H2,(H,17,18,21,22)/b12-9-. The van der Waals surface area contributed by atoms with E-state index in [0.717, 1.165) is 12.0 Å². The van der Waals surface area contributed by atoms with Gasteiger partial charge in [0.1, 0.15) is 5.82 Å². The van der Waals surface area contributed by atoms with Crippen LogP contribution in [0.3, 0.4) is 0 Å². The number of aliphatic hydroxyl groups excluding tert-OH is 1. The molecule has 1 fully saturated rings. The Balaban J connectivity index is 1.74. The predicted octanol–water partition coefficient (Wildman–Crippen LogP) is 1.35. The first-order valence-electron chi connectivity index (χ1n) is 6.94. The molecular weight excluding hydrogens is 282 g/mol. The molecule has 0 saturated heterocycles. The summed E-state index contributed by atoms with van der Waals surface area (Å²) >= 11 is 0. The summed E-state index contributed by atoms with van der Waals surface area (Å²) in [5.41, 5.74) is 1.05. The second kappa shape index (κ2) is 5.95. The average molecular weight is 297 g/mol. The molecule has 1 aromatic heterocycles. The number of anilines is 1. The van der Waals surface area contributed by atoms with Crippen molar-refractivity contribution < 1.29 is 9.90 Å². The van der Waals surface area contributed by atoms with Gasteiger partial charge < -0.3 is 10.4 Å². The van der Waals surface area contributed by atoms with Gasteiger partial charge in [-0.2, -0.15) is 4.98 Å². The van der Waals surface area contributed by atoms with Gasteiger partial charge in [-0.25, -0.2) is 4.79 Å². The number of nitrogens with zero attached hydrogens (tertiary/aromatic N) is 2. The van der Waals surface area contributed by atoms with Crippen LogP contribution in [0.1, 0.15) is 16.8 Å². The zero-order valence-corrected chi connectivity index (χ0v) is 11.8. The highest BCUT2D eigenvalue weighted by atomic mass is 16.3. The van der Waals surface area contributed by atoms with Crippen molar-refractivity contribution in [1.29, 1.82) is 0 Å². The third kappa shape index (κ3) is 3.12. The molecule has 1 aliphatic carbocycles. The Morgan fingerprint density at radius 2 is 2.14 bits per heavy atom. The van der Waals surface area contributed by atoms with Gasteiger partial charge in [0, 0.05) is 30.5 Å². The maximum absolute atomic E-state index is 12.0. The fourth-order valence-electron chi connectivity index (χ4n) is 2.10. The van der Waals surface area contributed by atoms with Crippen LogP contribution < -0.4 is 11.0 Å². The van der Waals surface area contributed by atoms with E-state index in [1.54, 1.807) is 42.7 Å². The first-order valence-corrected chi connectivity index (χ1v) is 6.94. The first kappa shape index (κ1) is 14.2. The van der Waals surface area contributed by atoms with E-state index in [4.69, 9.17) is 5.11 Å². The number of aliphatic hydroxyl groups is 1. The molecule has 22 heavy (non-hydrogen) atoms. The van der Waals surface area contributed by atoms with Crippen LogP contribution in [0.25, 0.3) is 6.20 Å². The molecule has 6 heteroatoms. The van der Waals surface area contributed by atoms with Crippen molar-refractivity contribution in [2.75, 3.05) is 11.9 Å². The van der Waals surface area contributed by atoms with Crippen molar-refractivity contribution in [3.8, 4) is 0 Å². The van der Waals surface area contributed by atoms with E-state index in [2.05, 4.69) is 10.3 Å². The topological polar surface area (TPSA) is 84.2 Å². The lowest BCUT2D eigenvalue weighted by Gasteiger charge is -2.04. The highest BCUT2D eigenvalue weighted by Crippen LogP contribution is 2.37. The van der Waals surface area contributed by atoms with Gasteiger partial charge in [0.05, 0.1) is 0 Å². The molecule has 1 amide bonds. The minimum Gasteiger partial charge on any atom is -0.396 e. The zero-order valence-electron chi connectivity index (χ0n) is 11.8. The number of benzene rings is 1. The van der Waals surface area contributed by atoms with Gasteiger partial charge >= 0.3 is 5.69 Å². The Kier molecular flexibility index (Phi) is 3.84. The molecule has 6 nitrogen and oxygen atoms in total. The van der Waals surface area contributed by atoms with Crippen LogP contribution in [0.2, 0.25) is 0 Å². The molecule has 1 saturated carbocycles. The van der Waals surface area contributed by atoms with Crippen molar-refractivity contribution in [3.05, 3.63) is 64.2 Å². The molecule has 1 atom stereocenters. The number of rotatable bonds is 4. The lowest BCUT2D eigenvalue weighted by atomic mass is 10.2. The quantitative estimate of drug-likeness (QED) is 0.892. The fourth-order valence-corrected chi connectivity index (χ4v) is 2.10. The van der Waals surface area contributed by atoms with Crippen molar-refractivity contribution in [2.45, 2.75) is 6.42 Å². The summed E-state index contributed by atoms with van der Waals surface area (Å²) in [4.78, 5) is 27.7. The third-order valence-electron chi connectivity index (χ3n) is 3.48. The van der Waals surface area contributed by atoms with Crippen molar-refractivity contribution >= 4 is 17.9 Å². The Morgan fingerprint density at radius 3 is 2.77 bits per heavy atom. The van der Waals surface area contributed by atoms with Crippen LogP contribution in [0.15, 0.2) is 53.0 Å². The molecule has 0 radical (unpaired) electrons. The van der Waals surface area contributed by atoms with Gasteiger partial charge in [0.15, 0.2) is 0 Å². The molecule has 0 bridgehead atoms. The van der Waals surface area contributed by atoms with Gasteiger partial charge in [-0.05, 0) is 30.2 Å². The normalized spacial score (nSPS) is 18.2.